The summed E-state index contributed by atoms with van der Waals surface area (Å²) in [5.74, 6) is -0.309. The lowest BCUT2D eigenvalue weighted by molar-refractivity contribution is 0.0504. The first kappa shape index (κ1) is 22.6. The predicted molar refractivity (Wildman–Crippen MR) is 122 cm³/mol. The monoisotopic (exact) mass is 482 g/mol. The van der Waals surface area contributed by atoms with E-state index in [1.54, 1.807) is 42.5 Å². The quantitative estimate of drug-likeness (QED) is 0.282. The minimum absolute atomic E-state index is 0.152. The summed E-state index contributed by atoms with van der Waals surface area (Å²) in [4.78, 5) is 25.2. The topological polar surface area (TPSA) is 61.8 Å². The average molecular weight is 483 g/mol. The van der Waals surface area contributed by atoms with Crippen LogP contribution in [-0.2, 0) is 11.2 Å². The van der Waals surface area contributed by atoms with Crippen LogP contribution in [0.5, 0.6) is 11.5 Å². The zero-order chi connectivity index (χ0) is 22.1. The van der Waals surface area contributed by atoms with E-state index < -0.39 is 11.9 Å². The molecule has 0 unspecified atom stereocenters. The Morgan fingerprint density at radius 3 is 2.32 bits per heavy atom. The lowest BCUT2D eigenvalue weighted by Gasteiger charge is -2.11. The zero-order valence-corrected chi connectivity index (χ0v) is 18.8. The molecule has 0 heterocycles. The second kappa shape index (κ2) is 11.3. The van der Waals surface area contributed by atoms with Gasteiger partial charge >= 0.3 is 11.9 Å². The van der Waals surface area contributed by atoms with Crippen LogP contribution in [0.2, 0.25) is 0 Å². The molecule has 3 rings (SSSR count). The van der Waals surface area contributed by atoms with Gasteiger partial charge < -0.3 is 14.2 Å². The van der Waals surface area contributed by atoms with E-state index >= 15 is 0 Å². The van der Waals surface area contributed by atoms with Gasteiger partial charge in [-0.05, 0) is 58.2 Å². The molecular formula is C25H23BrO5. The number of halogens is 1. The SMILES string of the molecule is CCCOc1ccc(C(=O)Oc2ccccc2C(=O)OCCc2ccccc2)cc1Br. The molecule has 6 heteroatoms. The molecule has 3 aromatic carbocycles. The van der Waals surface area contributed by atoms with Gasteiger partial charge in [0.05, 0.1) is 23.2 Å². The van der Waals surface area contributed by atoms with Crippen LogP contribution < -0.4 is 9.47 Å². The van der Waals surface area contributed by atoms with Gasteiger partial charge in [-0.25, -0.2) is 9.59 Å². The maximum atomic E-state index is 12.6. The lowest BCUT2D eigenvalue weighted by Crippen LogP contribution is -2.14. The molecule has 0 fully saturated rings. The van der Waals surface area contributed by atoms with Crippen molar-refractivity contribution in [2.45, 2.75) is 19.8 Å². The third-order valence-electron chi connectivity index (χ3n) is 4.41. The molecule has 0 N–H and O–H groups in total. The molecule has 0 radical (unpaired) electrons. The van der Waals surface area contributed by atoms with Gasteiger partial charge in [-0.15, -0.1) is 0 Å². The van der Waals surface area contributed by atoms with Crippen molar-refractivity contribution in [3.63, 3.8) is 0 Å². The molecule has 0 atom stereocenters. The number of carbonyl (C=O) groups excluding carboxylic acids is 2. The van der Waals surface area contributed by atoms with Crippen LogP contribution in [0.15, 0.2) is 77.3 Å². The number of hydrogen-bond donors (Lipinski definition) is 0. The molecular weight excluding hydrogens is 460 g/mol. The third kappa shape index (κ3) is 6.43. The van der Waals surface area contributed by atoms with Crippen LogP contribution in [0, 0.1) is 0 Å². The van der Waals surface area contributed by atoms with Gasteiger partial charge in [0.15, 0.2) is 0 Å². The van der Waals surface area contributed by atoms with Crippen LogP contribution in [0.25, 0.3) is 0 Å². The number of benzene rings is 3. The Balaban J connectivity index is 1.65. The van der Waals surface area contributed by atoms with E-state index in [-0.39, 0.29) is 17.9 Å². The van der Waals surface area contributed by atoms with E-state index in [4.69, 9.17) is 14.2 Å². The lowest BCUT2D eigenvalue weighted by atomic mass is 10.1. The predicted octanol–water partition coefficient (Wildman–Crippen LogP) is 5.86. The van der Waals surface area contributed by atoms with Crippen molar-refractivity contribution < 1.29 is 23.8 Å². The first-order valence-electron chi connectivity index (χ1n) is 10.0. The minimum atomic E-state index is -0.577. The molecule has 0 aliphatic rings. The fourth-order valence-electron chi connectivity index (χ4n) is 2.82. The van der Waals surface area contributed by atoms with E-state index in [1.807, 2.05) is 37.3 Å². The number of rotatable bonds is 9. The molecule has 0 saturated heterocycles. The number of esters is 2. The van der Waals surface area contributed by atoms with Gasteiger partial charge in [0, 0.05) is 6.42 Å². The first-order chi connectivity index (χ1) is 15.1. The Morgan fingerprint density at radius 2 is 1.58 bits per heavy atom. The van der Waals surface area contributed by atoms with Gasteiger partial charge in [-0.3, -0.25) is 0 Å². The summed E-state index contributed by atoms with van der Waals surface area (Å²) < 4.78 is 17.1. The van der Waals surface area contributed by atoms with Crippen molar-refractivity contribution in [3.8, 4) is 11.5 Å². The van der Waals surface area contributed by atoms with E-state index in [0.29, 0.717) is 28.8 Å². The molecule has 0 amide bonds. The second-order valence-electron chi connectivity index (χ2n) is 6.75. The van der Waals surface area contributed by atoms with Crippen LogP contribution in [-0.4, -0.2) is 25.2 Å². The molecule has 3 aromatic rings. The Hall–Kier alpha value is -3.12. The molecule has 160 valence electrons. The van der Waals surface area contributed by atoms with Crippen LogP contribution in [0.4, 0.5) is 0 Å². The number of carbonyl (C=O) groups is 2. The summed E-state index contributed by atoms with van der Waals surface area (Å²) in [5.41, 5.74) is 1.61. The van der Waals surface area contributed by atoms with Crippen molar-refractivity contribution in [2.75, 3.05) is 13.2 Å². The van der Waals surface area contributed by atoms with Crippen molar-refractivity contribution >= 4 is 27.9 Å². The molecule has 0 aliphatic heterocycles. The highest BCUT2D eigenvalue weighted by Crippen LogP contribution is 2.27. The second-order valence-corrected chi connectivity index (χ2v) is 7.61. The number of ether oxygens (including phenoxy) is 3. The van der Waals surface area contributed by atoms with Gasteiger partial charge in [-0.1, -0.05) is 49.4 Å². The first-order valence-corrected chi connectivity index (χ1v) is 10.8. The molecule has 31 heavy (non-hydrogen) atoms. The van der Waals surface area contributed by atoms with E-state index in [2.05, 4.69) is 15.9 Å². The fraction of sp³-hybridized carbons (Fsp3) is 0.200. The van der Waals surface area contributed by atoms with E-state index in [9.17, 15) is 9.59 Å². The Labute approximate surface area is 190 Å². The standard InChI is InChI=1S/C25H23BrO5/c1-2-15-29-23-13-12-19(17-21(23)26)24(27)31-22-11-7-6-10-20(22)25(28)30-16-14-18-8-4-3-5-9-18/h3-13,17H,2,14-16H2,1H3. The van der Waals surface area contributed by atoms with Gasteiger partial charge in [0.2, 0.25) is 0 Å². The summed E-state index contributed by atoms with van der Waals surface area (Å²) in [6.07, 6.45) is 1.49. The average Bonchev–Trinajstić information content (AvgIpc) is 2.79. The molecule has 0 bridgehead atoms. The van der Waals surface area contributed by atoms with Crippen molar-refractivity contribution in [2.24, 2.45) is 0 Å². The van der Waals surface area contributed by atoms with Crippen molar-refractivity contribution in [1.82, 2.24) is 0 Å². The number of hydrogen-bond acceptors (Lipinski definition) is 5. The Kier molecular flexibility index (Phi) is 8.24. The summed E-state index contributed by atoms with van der Waals surface area (Å²) >= 11 is 3.41. The number of para-hydroxylation sites is 1. The fourth-order valence-corrected chi connectivity index (χ4v) is 3.32. The van der Waals surface area contributed by atoms with E-state index in [0.717, 1.165) is 12.0 Å². The van der Waals surface area contributed by atoms with Crippen LogP contribution in [0.3, 0.4) is 0 Å². The zero-order valence-electron chi connectivity index (χ0n) is 17.2. The summed E-state index contributed by atoms with van der Waals surface area (Å²) in [6.45, 7) is 2.84. The molecule has 5 nitrogen and oxygen atoms in total. The third-order valence-corrected chi connectivity index (χ3v) is 5.03. The summed E-state index contributed by atoms with van der Waals surface area (Å²) in [5, 5.41) is 0. The highest BCUT2D eigenvalue weighted by molar-refractivity contribution is 9.10. The highest BCUT2D eigenvalue weighted by atomic mass is 79.9. The highest BCUT2D eigenvalue weighted by Gasteiger charge is 2.18. The molecule has 0 aliphatic carbocycles. The smallest absolute Gasteiger partial charge is 0.343 e. The largest absolute Gasteiger partial charge is 0.492 e. The van der Waals surface area contributed by atoms with Crippen molar-refractivity contribution in [1.29, 1.82) is 0 Å². The van der Waals surface area contributed by atoms with E-state index in [1.165, 1.54) is 0 Å². The molecule has 0 spiro atoms. The molecule has 0 aromatic heterocycles. The molecule has 0 saturated carbocycles. The Bertz CT molecular complexity index is 1030. The maximum absolute atomic E-state index is 12.6. The van der Waals surface area contributed by atoms with Crippen LogP contribution in [0.1, 0.15) is 39.6 Å². The van der Waals surface area contributed by atoms with Gasteiger partial charge in [0.1, 0.15) is 17.1 Å². The minimum Gasteiger partial charge on any atom is -0.492 e. The van der Waals surface area contributed by atoms with Crippen molar-refractivity contribution in [3.05, 3.63) is 94.0 Å². The van der Waals surface area contributed by atoms with Gasteiger partial charge in [0.25, 0.3) is 0 Å². The summed E-state index contributed by atoms with van der Waals surface area (Å²) in [7, 11) is 0. The maximum Gasteiger partial charge on any atom is 0.343 e. The normalized spacial score (nSPS) is 10.4. The Morgan fingerprint density at radius 1 is 0.839 bits per heavy atom. The van der Waals surface area contributed by atoms with Gasteiger partial charge in [-0.2, -0.15) is 0 Å². The summed E-state index contributed by atoms with van der Waals surface area (Å²) in [6, 6.07) is 21.3. The van der Waals surface area contributed by atoms with Crippen LogP contribution >= 0.6 is 15.9 Å².